The highest BCUT2D eigenvalue weighted by atomic mass is 32.2. The molecule has 12 heavy (non-hydrogen) atoms. The first-order valence-electron chi connectivity index (χ1n) is 3.75. The fourth-order valence-corrected chi connectivity index (χ4v) is 3.05. The van der Waals surface area contributed by atoms with Gasteiger partial charge in [0.1, 0.15) is 0 Å². The molecule has 1 aromatic carbocycles. The van der Waals surface area contributed by atoms with E-state index >= 15 is 0 Å². The lowest BCUT2D eigenvalue weighted by molar-refractivity contribution is 0.684. The van der Waals surface area contributed by atoms with Crippen LogP contribution in [0.2, 0.25) is 0 Å². The Labute approximate surface area is 79.3 Å². The number of hydrogen-bond acceptors (Lipinski definition) is 2. The largest absolute Gasteiger partial charge is 0.254 e. The molecule has 1 heterocycles. The SMILES string of the molecule is O=S1CC(=S)Cc2ccccc21. The standard InChI is InChI=1S/C9H8OS2/c10-12-6-8(11)5-7-3-1-2-4-9(7)12/h1-4H,5-6H2. The van der Waals surface area contributed by atoms with Crippen LogP contribution in [0, 0.1) is 0 Å². The van der Waals surface area contributed by atoms with Gasteiger partial charge < -0.3 is 0 Å². The molecule has 0 radical (unpaired) electrons. The van der Waals surface area contributed by atoms with Gasteiger partial charge in [-0.2, -0.15) is 0 Å². The van der Waals surface area contributed by atoms with Gasteiger partial charge in [-0.15, -0.1) is 0 Å². The zero-order chi connectivity index (χ0) is 8.55. The van der Waals surface area contributed by atoms with E-state index in [-0.39, 0.29) is 0 Å². The average Bonchev–Trinajstić information content (AvgIpc) is 2.04. The summed E-state index contributed by atoms with van der Waals surface area (Å²) in [5, 5.41) is 0. The first-order chi connectivity index (χ1) is 5.77. The van der Waals surface area contributed by atoms with E-state index in [1.54, 1.807) is 0 Å². The quantitative estimate of drug-likeness (QED) is 0.588. The van der Waals surface area contributed by atoms with E-state index in [1.165, 1.54) is 0 Å². The van der Waals surface area contributed by atoms with Crippen LogP contribution in [-0.2, 0) is 17.2 Å². The molecular weight excluding hydrogens is 188 g/mol. The van der Waals surface area contributed by atoms with Gasteiger partial charge in [-0.3, -0.25) is 4.21 Å². The second kappa shape index (κ2) is 3.07. The molecule has 1 nitrogen and oxygen atoms in total. The Morgan fingerprint density at radius 2 is 2.08 bits per heavy atom. The molecule has 0 amide bonds. The maximum Gasteiger partial charge on any atom is 0.0599 e. The van der Waals surface area contributed by atoms with Crippen LogP contribution in [0.1, 0.15) is 5.56 Å². The van der Waals surface area contributed by atoms with E-state index in [1.807, 2.05) is 24.3 Å². The number of fused-ring (bicyclic) bond motifs is 1. The van der Waals surface area contributed by atoms with Crippen LogP contribution >= 0.6 is 12.2 Å². The van der Waals surface area contributed by atoms with E-state index < -0.39 is 10.8 Å². The molecule has 2 rings (SSSR count). The molecule has 62 valence electrons. The number of thiocarbonyl (C=S) groups is 1. The summed E-state index contributed by atoms with van der Waals surface area (Å²) < 4.78 is 11.5. The lowest BCUT2D eigenvalue weighted by atomic mass is 10.1. The van der Waals surface area contributed by atoms with E-state index in [9.17, 15) is 4.21 Å². The maximum atomic E-state index is 11.5. The molecule has 0 aliphatic carbocycles. The second-order valence-corrected chi connectivity index (χ2v) is 4.81. The van der Waals surface area contributed by atoms with Crippen molar-refractivity contribution in [2.45, 2.75) is 11.3 Å². The van der Waals surface area contributed by atoms with Gasteiger partial charge in [-0.25, -0.2) is 0 Å². The number of hydrogen-bond donors (Lipinski definition) is 0. The van der Waals surface area contributed by atoms with Crippen molar-refractivity contribution < 1.29 is 4.21 Å². The molecule has 0 bridgehead atoms. The normalized spacial score (nSPS) is 22.0. The topological polar surface area (TPSA) is 17.1 Å². The molecule has 1 unspecified atom stereocenters. The highest BCUT2D eigenvalue weighted by molar-refractivity contribution is 7.89. The van der Waals surface area contributed by atoms with Crippen molar-refractivity contribution in [2.24, 2.45) is 0 Å². The van der Waals surface area contributed by atoms with E-state index in [2.05, 4.69) is 0 Å². The van der Waals surface area contributed by atoms with Crippen LogP contribution < -0.4 is 0 Å². The monoisotopic (exact) mass is 196 g/mol. The average molecular weight is 196 g/mol. The summed E-state index contributed by atoms with van der Waals surface area (Å²) in [6.07, 6.45) is 0.817. The molecule has 1 aliphatic rings. The third kappa shape index (κ3) is 1.34. The Morgan fingerprint density at radius 3 is 2.92 bits per heavy atom. The molecule has 0 fully saturated rings. The summed E-state index contributed by atoms with van der Waals surface area (Å²) >= 11 is 5.07. The predicted molar refractivity (Wildman–Crippen MR) is 54.0 cm³/mol. The second-order valence-electron chi connectivity index (χ2n) is 2.81. The molecule has 0 saturated carbocycles. The van der Waals surface area contributed by atoms with Crippen LogP contribution in [0.3, 0.4) is 0 Å². The van der Waals surface area contributed by atoms with Crippen LogP contribution in [0.5, 0.6) is 0 Å². The number of benzene rings is 1. The van der Waals surface area contributed by atoms with Crippen molar-refractivity contribution in [1.29, 1.82) is 0 Å². The lowest BCUT2D eigenvalue weighted by Crippen LogP contribution is -2.18. The van der Waals surface area contributed by atoms with Crippen LogP contribution in [-0.4, -0.2) is 14.8 Å². The highest BCUT2D eigenvalue weighted by Crippen LogP contribution is 2.20. The van der Waals surface area contributed by atoms with Gasteiger partial charge in [0.2, 0.25) is 0 Å². The zero-order valence-corrected chi connectivity index (χ0v) is 8.08. The molecule has 0 aromatic heterocycles. The fraction of sp³-hybridized carbons (Fsp3) is 0.222. The predicted octanol–water partition coefficient (Wildman–Crippen LogP) is 1.72. The fourth-order valence-electron chi connectivity index (χ4n) is 1.36. The summed E-state index contributed by atoms with van der Waals surface area (Å²) in [6.45, 7) is 0. The third-order valence-corrected chi connectivity index (χ3v) is 3.87. The summed E-state index contributed by atoms with van der Waals surface area (Å²) in [5.74, 6) is 0.562. The van der Waals surface area contributed by atoms with Crippen LogP contribution in [0.15, 0.2) is 29.2 Å². The van der Waals surface area contributed by atoms with Crippen molar-refractivity contribution in [3.8, 4) is 0 Å². The Morgan fingerprint density at radius 1 is 1.33 bits per heavy atom. The van der Waals surface area contributed by atoms with Crippen molar-refractivity contribution in [3.05, 3.63) is 29.8 Å². The van der Waals surface area contributed by atoms with Gasteiger partial charge in [0, 0.05) is 16.2 Å². The Hall–Kier alpha value is -0.540. The molecular formula is C9H8OS2. The van der Waals surface area contributed by atoms with E-state index in [0.29, 0.717) is 5.75 Å². The first kappa shape index (κ1) is 8.08. The van der Waals surface area contributed by atoms with Crippen molar-refractivity contribution in [1.82, 2.24) is 0 Å². The molecule has 3 heteroatoms. The van der Waals surface area contributed by atoms with Gasteiger partial charge >= 0.3 is 0 Å². The van der Waals surface area contributed by atoms with E-state index in [4.69, 9.17) is 12.2 Å². The minimum Gasteiger partial charge on any atom is -0.254 e. The van der Waals surface area contributed by atoms with Gasteiger partial charge in [0.25, 0.3) is 0 Å². The number of rotatable bonds is 0. The smallest absolute Gasteiger partial charge is 0.0599 e. The molecule has 1 aromatic rings. The van der Waals surface area contributed by atoms with Gasteiger partial charge in [-0.1, -0.05) is 30.4 Å². The Bertz CT molecular complexity index is 357. The molecule has 0 saturated heterocycles. The van der Waals surface area contributed by atoms with Crippen molar-refractivity contribution in [2.75, 3.05) is 5.75 Å². The van der Waals surface area contributed by atoms with E-state index in [0.717, 1.165) is 21.7 Å². The molecule has 1 aliphatic heterocycles. The van der Waals surface area contributed by atoms with Crippen LogP contribution in [0.4, 0.5) is 0 Å². The maximum absolute atomic E-state index is 11.5. The first-order valence-corrected chi connectivity index (χ1v) is 5.48. The summed E-state index contributed by atoms with van der Waals surface area (Å²) in [6, 6.07) is 7.81. The molecule has 1 atom stereocenters. The van der Waals surface area contributed by atoms with Gasteiger partial charge in [0.05, 0.1) is 16.6 Å². The third-order valence-electron chi connectivity index (χ3n) is 1.90. The Kier molecular flexibility index (Phi) is 2.07. The van der Waals surface area contributed by atoms with Gasteiger partial charge in [-0.05, 0) is 11.6 Å². The van der Waals surface area contributed by atoms with Crippen molar-refractivity contribution >= 4 is 27.9 Å². The minimum absolute atomic E-state index is 0.562. The van der Waals surface area contributed by atoms with Gasteiger partial charge in [0.15, 0.2) is 0 Å². The summed E-state index contributed by atoms with van der Waals surface area (Å²) in [4.78, 5) is 1.87. The Balaban J connectivity index is 2.54. The zero-order valence-electron chi connectivity index (χ0n) is 6.45. The summed E-state index contributed by atoms with van der Waals surface area (Å²) in [7, 11) is -0.886. The minimum atomic E-state index is -0.886. The lowest BCUT2D eigenvalue weighted by Gasteiger charge is -2.15. The molecule has 0 spiro atoms. The van der Waals surface area contributed by atoms with Crippen LogP contribution in [0.25, 0.3) is 0 Å². The highest BCUT2D eigenvalue weighted by Gasteiger charge is 2.17. The summed E-state index contributed by atoms with van der Waals surface area (Å²) in [5.41, 5.74) is 1.13. The molecule has 0 N–H and O–H groups in total. The van der Waals surface area contributed by atoms with Crippen molar-refractivity contribution in [3.63, 3.8) is 0 Å².